The predicted octanol–water partition coefficient (Wildman–Crippen LogP) is 0.0383. The highest BCUT2D eigenvalue weighted by atomic mass is 16.1. The third-order valence-electron chi connectivity index (χ3n) is 2.34. The Bertz CT molecular complexity index is 343. The van der Waals surface area contributed by atoms with Gasteiger partial charge in [-0.2, -0.15) is 0 Å². The number of hydrogen-bond acceptors (Lipinski definition) is 3. The fourth-order valence-electron chi connectivity index (χ4n) is 1.37. The Morgan fingerprint density at radius 1 is 1.67 bits per heavy atom. The lowest BCUT2D eigenvalue weighted by Crippen LogP contribution is -2.52. The van der Waals surface area contributed by atoms with E-state index < -0.39 is 11.4 Å². The lowest BCUT2D eigenvalue weighted by molar-refractivity contribution is -0.123. The van der Waals surface area contributed by atoms with Gasteiger partial charge in [-0.05, 0) is 13.3 Å². The van der Waals surface area contributed by atoms with Gasteiger partial charge in [0.05, 0.1) is 6.54 Å². The van der Waals surface area contributed by atoms with Crippen LogP contribution in [0.15, 0.2) is 12.4 Å². The maximum absolute atomic E-state index is 11.1. The molecular formula is C10H18N4O. The predicted molar refractivity (Wildman–Crippen MR) is 58.0 cm³/mol. The summed E-state index contributed by atoms with van der Waals surface area (Å²) in [5, 5.41) is 0. The van der Waals surface area contributed by atoms with Gasteiger partial charge < -0.3 is 16.0 Å². The van der Waals surface area contributed by atoms with Gasteiger partial charge in [-0.1, -0.05) is 6.92 Å². The topological polar surface area (TPSA) is 86.9 Å². The van der Waals surface area contributed by atoms with Gasteiger partial charge in [-0.15, -0.1) is 0 Å². The number of carbonyl (C=O) groups excluding carboxylic acids is 1. The zero-order chi connectivity index (χ0) is 11.5. The van der Waals surface area contributed by atoms with Crippen molar-refractivity contribution in [2.24, 2.45) is 11.5 Å². The molecule has 0 aliphatic heterocycles. The molecule has 0 saturated heterocycles. The van der Waals surface area contributed by atoms with Crippen LogP contribution in [-0.4, -0.2) is 21.0 Å². The molecule has 4 N–H and O–H groups in total. The molecule has 0 aliphatic rings. The van der Waals surface area contributed by atoms with E-state index in [2.05, 4.69) is 11.9 Å². The third kappa shape index (κ3) is 2.79. The number of aromatic nitrogens is 2. The normalized spacial score (nSPS) is 14.9. The largest absolute Gasteiger partial charge is 0.368 e. The second-order valence-electron chi connectivity index (χ2n) is 4.00. The SMILES string of the molecule is CCCc1nccn1CC(C)(N)C(N)=O. The molecule has 0 spiro atoms. The van der Waals surface area contributed by atoms with Crippen molar-refractivity contribution in [1.29, 1.82) is 0 Å². The van der Waals surface area contributed by atoms with Gasteiger partial charge in [-0.3, -0.25) is 4.79 Å². The lowest BCUT2D eigenvalue weighted by Gasteiger charge is -2.22. The molecule has 0 radical (unpaired) electrons. The van der Waals surface area contributed by atoms with Crippen molar-refractivity contribution in [2.45, 2.75) is 38.8 Å². The monoisotopic (exact) mass is 210 g/mol. The van der Waals surface area contributed by atoms with E-state index in [-0.39, 0.29) is 0 Å². The van der Waals surface area contributed by atoms with E-state index in [4.69, 9.17) is 11.5 Å². The van der Waals surface area contributed by atoms with E-state index in [1.54, 1.807) is 13.1 Å². The van der Waals surface area contributed by atoms with Crippen molar-refractivity contribution in [1.82, 2.24) is 9.55 Å². The van der Waals surface area contributed by atoms with Crippen LogP contribution in [0.25, 0.3) is 0 Å². The number of aryl methyl sites for hydroxylation is 1. The Morgan fingerprint density at radius 3 is 2.87 bits per heavy atom. The summed E-state index contributed by atoms with van der Waals surface area (Å²) in [6.07, 6.45) is 5.41. The van der Waals surface area contributed by atoms with Gasteiger partial charge in [0, 0.05) is 18.8 Å². The third-order valence-corrected chi connectivity index (χ3v) is 2.34. The summed E-state index contributed by atoms with van der Waals surface area (Å²) in [5.74, 6) is 0.439. The molecule has 0 fully saturated rings. The molecule has 0 aromatic carbocycles. The highest BCUT2D eigenvalue weighted by molar-refractivity contribution is 5.83. The van der Waals surface area contributed by atoms with Gasteiger partial charge in [0.1, 0.15) is 11.4 Å². The van der Waals surface area contributed by atoms with Crippen LogP contribution in [0.3, 0.4) is 0 Å². The minimum atomic E-state index is -1.02. The molecule has 5 heteroatoms. The summed E-state index contributed by atoms with van der Waals surface area (Å²) >= 11 is 0. The van der Waals surface area contributed by atoms with Crippen molar-refractivity contribution < 1.29 is 4.79 Å². The van der Waals surface area contributed by atoms with Crippen molar-refractivity contribution >= 4 is 5.91 Å². The Kier molecular flexibility index (Phi) is 3.47. The number of primary amides is 1. The maximum atomic E-state index is 11.1. The summed E-state index contributed by atoms with van der Waals surface area (Å²) in [6.45, 7) is 4.08. The van der Waals surface area contributed by atoms with E-state index in [1.807, 2.05) is 10.8 Å². The van der Waals surface area contributed by atoms with E-state index in [0.29, 0.717) is 6.54 Å². The molecule has 1 amide bonds. The van der Waals surface area contributed by atoms with Crippen molar-refractivity contribution in [3.05, 3.63) is 18.2 Å². The summed E-state index contributed by atoms with van der Waals surface area (Å²) in [6, 6.07) is 0. The Balaban J connectivity index is 2.80. The van der Waals surface area contributed by atoms with Crippen LogP contribution < -0.4 is 11.5 Å². The van der Waals surface area contributed by atoms with Crippen LogP contribution in [0.2, 0.25) is 0 Å². The Morgan fingerprint density at radius 2 is 2.33 bits per heavy atom. The average molecular weight is 210 g/mol. The maximum Gasteiger partial charge on any atom is 0.239 e. The number of hydrogen-bond donors (Lipinski definition) is 2. The number of rotatable bonds is 5. The van der Waals surface area contributed by atoms with Gasteiger partial charge >= 0.3 is 0 Å². The van der Waals surface area contributed by atoms with E-state index in [9.17, 15) is 4.79 Å². The van der Waals surface area contributed by atoms with Gasteiger partial charge in [-0.25, -0.2) is 4.98 Å². The molecule has 1 atom stereocenters. The zero-order valence-corrected chi connectivity index (χ0v) is 9.23. The quantitative estimate of drug-likeness (QED) is 0.719. The Labute approximate surface area is 89.5 Å². The number of carbonyl (C=O) groups is 1. The summed E-state index contributed by atoms with van der Waals surface area (Å²) < 4.78 is 1.88. The smallest absolute Gasteiger partial charge is 0.239 e. The molecule has 1 unspecified atom stereocenters. The number of nitrogens with two attached hydrogens (primary N) is 2. The van der Waals surface area contributed by atoms with Gasteiger partial charge in [0.2, 0.25) is 5.91 Å². The molecule has 1 heterocycles. The number of nitrogens with zero attached hydrogens (tertiary/aromatic N) is 2. The molecule has 84 valence electrons. The number of amides is 1. The molecule has 1 rings (SSSR count). The Hall–Kier alpha value is -1.36. The van der Waals surface area contributed by atoms with Crippen LogP contribution in [-0.2, 0) is 17.8 Å². The first kappa shape index (κ1) is 11.7. The molecule has 0 aliphatic carbocycles. The second-order valence-corrected chi connectivity index (χ2v) is 4.00. The molecule has 1 aromatic rings. The standard InChI is InChI=1S/C10H18N4O/c1-3-4-8-13-5-6-14(8)7-10(2,12)9(11)15/h5-6H,3-4,7,12H2,1-2H3,(H2,11,15). The van der Waals surface area contributed by atoms with Crippen molar-refractivity contribution in [2.75, 3.05) is 0 Å². The highest BCUT2D eigenvalue weighted by Crippen LogP contribution is 2.07. The highest BCUT2D eigenvalue weighted by Gasteiger charge is 2.26. The fraction of sp³-hybridized carbons (Fsp3) is 0.600. The fourth-order valence-corrected chi connectivity index (χ4v) is 1.37. The molecule has 15 heavy (non-hydrogen) atoms. The molecular weight excluding hydrogens is 192 g/mol. The average Bonchev–Trinajstić information content (AvgIpc) is 2.52. The first-order valence-electron chi connectivity index (χ1n) is 5.06. The van der Waals surface area contributed by atoms with Crippen molar-refractivity contribution in [3.8, 4) is 0 Å². The lowest BCUT2D eigenvalue weighted by atomic mass is 10.0. The summed E-state index contributed by atoms with van der Waals surface area (Å²) in [4.78, 5) is 15.3. The molecule has 1 aromatic heterocycles. The number of imidazole rings is 1. The molecule has 0 saturated carbocycles. The van der Waals surface area contributed by atoms with E-state index >= 15 is 0 Å². The van der Waals surface area contributed by atoms with E-state index in [1.165, 1.54) is 0 Å². The minimum Gasteiger partial charge on any atom is -0.368 e. The van der Waals surface area contributed by atoms with E-state index in [0.717, 1.165) is 18.7 Å². The van der Waals surface area contributed by atoms with Gasteiger partial charge in [0.25, 0.3) is 0 Å². The van der Waals surface area contributed by atoms with Crippen LogP contribution in [0.4, 0.5) is 0 Å². The minimum absolute atomic E-state index is 0.373. The second kappa shape index (κ2) is 4.44. The first-order valence-corrected chi connectivity index (χ1v) is 5.06. The van der Waals surface area contributed by atoms with Crippen LogP contribution in [0.5, 0.6) is 0 Å². The first-order chi connectivity index (χ1) is 6.97. The van der Waals surface area contributed by atoms with Crippen molar-refractivity contribution in [3.63, 3.8) is 0 Å². The summed E-state index contributed by atoms with van der Waals surface area (Å²) in [7, 11) is 0. The van der Waals surface area contributed by atoms with Gasteiger partial charge in [0.15, 0.2) is 0 Å². The molecule has 5 nitrogen and oxygen atoms in total. The molecule has 0 bridgehead atoms. The zero-order valence-electron chi connectivity index (χ0n) is 9.23. The van der Waals surface area contributed by atoms with Crippen LogP contribution in [0.1, 0.15) is 26.1 Å². The van der Waals surface area contributed by atoms with Crippen LogP contribution in [0, 0.1) is 0 Å². The van der Waals surface area contributed by atoms with Crippen LogP contribution >= 0.6 is 0 Å². The summed E-state index contributed by atoms with van der Waals surface area (Å²) in [5.41, 5.74) is 9.98.